The van der Waals surface area contributed by atoms with Gasteiger partial charge >= 0.3 is 0 Å². The fraction of sp³-hybridized carbons (Fsp3) is 0.267. The monoisotopic (exact) mass is 228 g/mol. The maximum Gasteiger partial charge on any atom is 0.173 e. The molecule has 88 valence electrons. The molecule has 2 rings (SSSR count). The topological polar surface area (TPSA) is 13.1 Å². The predicted molar refractivity (Wildman–Crippen MR) is 68.0 cm³/mol. The Morgan fingerprint density at radius 1 is 1.00 bits per heavy atom. The maximum absolute atomic E-state index is 5.55. The third-order valence-electron chi connectivity index (χ3n) is 2.54. The summed E-state index contributed by atoms with van der Waals surface area (Å²) in [6, 6.07) is 14.4. The van der Waals surface area contributed by atoms with Gasteiger partial charge in [0.15, 0.2) is 18.9 Å². The van der Waals surface area contributed by atoms with E-state index >= 15 is 0 Å². The Morgan fingerprint density at radius 2 is 1.71 bits per heavy atom. The molecule has 1 aromatic carbocycles. The number of pyridine rings is 1. The van der Waals surface area contributed by atoms with Gasteiger partial charge in [-0.15, -0.1) is 0 Å². The van der Waals surface area contributed by atoms with Crippen LogP contribution < -0.4 is 9.30 Å². The van der Waals surface area contributed by atoms with Crippen molar-refractivity contribution in [2.75, 3.05) is 6.61 Å². The Balaban J connectivity index is 1.98. The minimum atomic E-state index is 0.785. The van der Waals surface area contributed by atoms with Crippen molar-refractivity contribution in [3.8, 4) is 5.75 Å². The first-order valence-corrected chi connectivity index (χ1v) is 6.04. The molecule has 1 aromatic heterocycles. The van der Waals surface area contributed by atoms with Gasteiger partial charge in [-0.25, -0.2) is 4.57 Å². The Bertz CT molecular complexity index is 436. The van der Waals surface area contributed by atoms with Gasteiger partial charge in [0.25, 0.3) is 0 Å². The molecule has 0 N–H and O–H groups in total. The second kappa shape index (κ2) is 6.04. The summed E-state index contributed by atoms with van der Waals surface area (Å²) in [5.74, 6) is 0.952. The number of ether oxygens (including phenoxy) is 1. The van der Waals surface area contributed by atoms with Crippen LogP contribution in [0.3, 0.4) is 0 Å². The summed E-state index contributed by atoms with van der Waals surface area (Å²) in [4.78, 5) is 0. The van der Waals surface area contributed by atoms with E-state index in [9.17, 15) is 0 Å². The third kappa shape index (κ3) is 3.59. The zero-order valence-electron chi connectivity index (χ0n) is 10.2. The lowest BCUT2D eigenvalue weighted by atomic mass is 10.2. The number of nitrogens with zero attached hydrogens (tertiary/aromatic N) is 1. The molecule has 0 radical (unpaired) electrons. The summed E-state index contributed by atoms with van der Waals surface area (Å²) in [5, 5.41) is 0. The Morgan fingerprint density at radius 3 is 2.35 bits per heavy atom. The second-order valence-electron chi connectivity index (χ2n) is 4.04. The van der Waals surface area contributed by atoms with Crippen molar-refractivity contribution in [3.63, 3.8) is 0 Å². The highest BCUT2D eigenvalue weighted by molar-refractivity contribution is 5.26. The van der Waals surface area contributed by atoms with Crippen LogP contribution in [0.2, 0.25) is 0 Å². The van der Waals surface area contributed by atoms with E-state index < -0.39 is 0 Å². The second-order valence-corrected chi connectivity index (χ2v) is 4.04. The minimum Gasteiger partial charge on any atom is -0.494 e. The SMILES string of the molecule is CCCOc1ccc(C[n+]2ccccc2)cc1. The van der Waals surface area contributed by atoms with Gasteiger partial charge in [0.05, 0.1) is 6.61 Å². The number of aromatic nitrogens is 1. The van der Waals surface area contributed by atoms with Crippen LogP contribution >= 0.6 is 0 Å². The van der Waals surface area contributed by atoms with Gasteiger partial charge < -0.3 is 4.74 Å². The standard InChI is InChI=1S/C15H18NO/c1-2-12-17-15-8-6-14(7-9-15)13-16-10-4-3-5-11-16/h3-11H,2,12-13H2,1H3/q+1. The molecule has 0 saturated heterocycles. The highest BCUT2D eigenvalue weighted by Crippen LogP contribution is 2.12. The molecule has 0 spiro atoms. The van der Waals surface area contributed by atoms with Crippen LogP contribution in [0, 0.1) is 0 Å². The van der Waals surface area contributed by atoms with Gasteiger partial charge in [-0.1, -0.05) is 13.0 Å². The van der Waals surface area contributed by atoms with Crippen molar-refractivity contribution in [1.29, 1.82) is 0 Å². The molecular formula is C15H18NO+. The molecule has 2 heteroatoms. The summed E-state index contributed by atoms with van der Waals surface area (Å²) in [7, 11) is 0. The lowest BCUT2D eigenvalue weighted by Gasteiger charge is -2.04. The molecule has 0 aliphatic rings. The van der Waals surface area contributed by atoms with Crippen molar-refractivity contribution < 1.29 is 9.30 Å². The van der Waals surface area contributed by atoms with Gasteiger partial charge in [0.1, 0.15) is 5.75 Å². The van der Waals surface area contributed by atoms with Crippen LogP contribution in [0.1, 0.15) is 18.9 Å². The molecule has 0 unspecified atom stereocenters. The third-order valence-corrected chi connectivity index (χ3v) is 2.54. The van der Waals surface area contributed by atoms with Crippen LogP contribution in [-0.4, -0.2) is 6.61 Å². The first-order valence-electron chi connectivity index (χ1n) is 6.04. The zero-order chi connectivity index (χ0) is 11.9. The van der Waals surface area contributed by atoms with E-state index in [2.05, 4.69) is 36.0 Å². The number of rotatable bonds is 5. The van der Waals surface area contributed by atoms with E-state index in [1.165, 1.54) is 5.56 Å². The van der Waals surface area contributed by atoms with Crippen LogP contribution in [0.5, 0.6) is 5.75 Å². The smallest absolute Gasteiger partial charge is 0.173 e. The first-order chi connectivity index (χ1) is 8.38. The van der Waals surface area contributed by atoms with Crippen molar-refractivity contribution in [1.82, 2.24) is 0 Å². The minimum absolute atomic E-state index is 0.785. The Hall–Kier alpha value is -1.83. The Kier molecular flexibility index (Phi) is 4.14. The molecule has 1 heterocycles. The van der Waals surface area contributed by atoms with Gasteiger partial charge in [0, 0.05) is 17.7 Å². The summed E-state index contributed by atoms with van der Waals surface area (Å²) in [6.07, 6.45) is 5.19. The average molecular weight is 228 g/mol. The van der Waals surface area contributed by atoms with Crippen molar-refractivity contribution in [3.05, 3.63) is 60.4 Å². The summed E-state index contributed by atoms with van der Waals surface area (Å²) >= 11 is 0. The lowest BCUT2D eigenvalue weighted by Crippen LogP contribution is -2.32. The molecular weight excluding hydrogens is 210 g/mol. The highest BCUT2D eigenvalue weighted by atomic mass is 16.5. The van der Waals surface area contributed by atoms with Crippen molar-refractivity contribution in [2.45, 2.75) is 19.9 Å². The van der Waals surface area contributed by atoms with Crippen molar-refractivity contribution >= 4 is 0 Å². The van der Waals surface area contributed by atoms with Gasteiger partial charge in [-0.3, -0.25) is 0 Å². The van der Waals surface area contributed by atoms with Gasteiger partial charge in [-0.05, 0) is 30.7 Å². The quantitative estimate of drug-likeness (QED) is 0.717. The van der Waals surface area contributed by atoms with Crippen LogP contribution in [0.25, 0.3) is 0 Å². The van der Waals surface area contributed by atoms with Gasteiger partial charge in [-0.2, -0.15) is 0 Å². The van der Waals surface area contributed by atoms with Crippen LogP contribution in [0.15, 0.2) is 54.9 Å². The Labute approximate surface area is 102 Å². The summed E-state index contributed by atoms with van der Waals surface area (Å²) in [6.45, 7) is 3.79. The van der Waals surface area contributed by atoms with E-state index in [4.69, 9.17) is 4.74 Å². The number of benzene rings is 1. The van der Waals surface area contributed by atoms with E-state index in [-0.39, 0.29) is 0 Å². The van der Waals surface area contributed by atoms with E-state index in [1.807, 2.05) is 30.3 Å². The van der Waals surface area contributed by atoms with Crippen LogP contribution in [0.4, 0.5) is 0 Å². The number of hydrogen-bond acceptors (Lipinski definition) is 1. The molecule has 0 saturated carbocycles. The van der Waals surface area contributed by atoms with E-state index in [0.29, 0.717) is 0 Å². The zero-order valence-corrected chi connectivity index (χ0v) is 10.2. The normalized spacial score (nSPS) is 10.2. The molecule has 0 bridgehead atoms. The molecule has 0 atom stereocenters. The maximum atomic E-state index is 5.55. The molecule has 17 heavy (non-hydrogen) atoms. The van der Waals surface area contributed by atoms with Crippen LogP contribution in [-0.2, 0) is 6.54 Å². The predicted octanol–water partition coefficient (Wildman–Crippen LogP) is 2.81. The molecule has 2 aromatic rings. The lowest BCUT2D eigenvalue weighted by molar-refractivity contribution is -0.688. The highest BCUT2D eigenvalue weighted by Gasteiger charge is 2.01. The molecule has 0 amide bonds. The fourth-order valence-corrected chi connectivity index (χ4v) is 1.66. The van der Waals surface area contributed by atoms with E-state index in [0.717, 1.165) is 25.3 Å². The largest absolute Gasteiger partial charge is 0.494 e. The molecule has 0 aliphatic carbocycles. The van der Waals surface area contributed by atoms with Crippen molar-refractivity contribution in [2.24, 2.45) is 0 Å². The molecule has 2 nitrogen and oxygen atoms in total. The number of hydrogen-bond donors (Lipinski definition) is 0. The average Bonchev–Trinajstić information content (AvgIpc) is 2.39. The molecule has 0 aliphatic heterocycles. The van der Waals surface area contributed by atoms with Gasteiger partial charge in [0.2, 0.25) is 0 Å². The molecule has 0 fully saturated rings. The summed E-state index contributed by atoms with van der Waals surface area (Å²) in [5.41, 5.74) is 1.28. The summed E-state index contributed by atoms with van der Waals surface area (Å²) < 4.78 is 7.71. The van der Waals surface area contributed by atoms with E-state index in [1.54, 1.807) is 0 Å². The first kappa shape index (κ1) is 11.6. The fourth-order valence-electron chi connectivity index (χ4n) is 1.66.